The largest absolute Gasteiger partial charge is 0.490 e. The fourth-order valence-corrected chi connectivity index (χ4v) is 1.97. The Bertz CT molecular complexity index is 616. The first-order chi connectivity index (χ1) is 9.88. The second kappa shape index (κ2) is 6.37. The summed E-state index contributed by atoms with van der Waals surface area (Å²) in [6, 6.07) is 11.0. The van der Waals surface area contributed by atoms with Crippen LogP contribution in [0.1, 0.15) is 17.2 Å². The maximum atomic E-state index is 12.6. The molecule has 0 amide bonds. The fraction of sp³-hybridized carbons (Fsp3) is 0.200. The molecule has 0 bridgehead atoms. The quantitative estimate of drug-likeness (QED) is 0.905. The van der Waals surface area contributed by atoms with Crippen molar-refractivity contribution in [2.75, 3.05) is 6.61 Å². The third kappa shape index (κ3) is 4.12. The van der Waals surface area contributed by atoms with Crippen molar-refractivity contribution < 1.29 is 17.9 Å². The van der Waals surface area contributed by atoms with Gasteiger partial charge in [-0.2, -0.15) is 13.2 Å². The zero-order chi connectivity index (χ0) is 15.5. The zero-order valence-corrected chi connectivity index (χ0v) is 11.7. The molecule has 0 saturated heterocycles. The highest BCUT2D eigenvalue weighted by atomic mass is 35.5. The molecule has 0 aromatic heterocycles. The summed E-state index contributed by atoms with van der Waals surface area (Å²) >= 11 is 5.92. The highest BCUT2D eigenvalue weighted by Crippen LogP contribution is 2.31. The number of ether oxygens (including phenoxy) is 1. The molecule has 0 fully saturated rings. The summed E-state index contributed by atoms with van der Waals surface area (Å²) in [5, 5.41) is 0.425. The van der Waals surface area contributed by atoms with Crippen LogP contribution in [0.2, 0.25) is 5.02 Å². The molecule has 2 aromatic rings. The lowest BCUT2D eigenvalue weighted by Crippen LogP contribution is -2.19. The molecule has 2 rings (SSSR count). The zero-order valence-electron chi connectivity index (χ0n) is 10.9. The molecule has 0 aliphatic rings. The van der Waals surface area contributed by atoms with Gasteiger partial charge in [0.05, 0.1) is 16.6 Å². The minimum absolute atomic E-state index is 0.0328. The maximum Gasteiger partial charge on any atom is 0.416 e. The highest BCUT2D eigenvalue weighted by molar-refractivity contribution is 6.32. The highest BCUT2D eigenvalue weighted by Gasteiger charge is 2.30. The maximum absolute atomic E-state index is 12.6. The van der Waals surface area contributed by atoms with Crippen molar-refractivity contribution in [2.24, 2.45) is 5.73 Å². The minimum Gasteiger partial charge on any atom is -0.490 e. The molecular formula is C15H13ClF3NO. The number of para-hydroxylation sites is 1. The Kier molecular flexibility index (Phi) is 4.75. The standard InChI is InChI=1S/C15H13ClF3NO/c16-12-6-1-2-7-14(12)21-9-13(20)10-4-3-5-11(8-10)15(17,18)19/h1-8,13H,9,20H2. The van der Waals surface area contributed by atoms with Crippen molar-refractivity contribution in [1.82, 2.24) is 0 Å². The Balaban J connectivity index is 2.07. The molecule has 0 aliphatic heterocycles. The summed E-state index contributed by atoms with van der Waals surface area (Å²) in [6.07, 6.45) is -4.39. The Morgan fingerprint density at radius 2 is 1.81 bits per heavy atom. The second-order valence-corrected chi connectivity index (χ2v) is 4.88. The number of benzene rings is 2. The van der Waals surface area contributed by atoms with E-state index in [1.807, 2.05) is 0 Å². The Hall–Kier alpha value is -1.72. The number of rotatable bonds is 4. The molecule has 0 heterocycles. The number of halogens is 4. The number of alkyl halides is 3. The smallest absolute Gasteiger partial charge is 0.416 e. The van der Waals surface area contributed by atoms with Crippen LogP contribution < -0.4 is 10.5 Å². The molecule has 1 atom stereocenters. The van der Waals surface area contributed by atoms with E-state index in [1.54, 1.807) is 24.3 Å². The van der Waals surface area contributed by atoms with Crippen molar-refractivity contribution in [3.05, 3.63) is 64.7 Å². The van der Waals surface area contributed by atoms with Crippen molar-refractivity contribution in [2.45, 2.75) is 12.2 Å². The summed E-state index contributed by atoms with van der Waals surface area (Å²) in [4.78, 5) is 0. The van der Waals surface area contributed by atoms with E-state index in [4.69, 9.17) is 22.1 Å². The van der Waals surface area contributed by atoms with Gasteiger partial charge in [0.1, 0.15) is 12.4 Å². The monoisotopic (exact) mass is 315 g/mol. The average Bonchev–Trinajstić information content (AvgIpc) is 2.45. The number of hydrogen-bond acceptors (Lipinski definition) is 2. The molecule has 112 valence electrons. The van der Waals surface area contributed by atoms with E-state index in [2.05, 4.69) is 0 Å². The summed E-state index contributed by atoms with van der Waals surface area (Å²) in [5.41, 5.74) is 5.50. The summed E-state index contributed by atoms with van der Waals surface area (Å²) in [7, 11) is 0. The van der Waals surface area contributed by atoms with Crippen LogP contribution in [-0.4, -0.2) is 6.61 Å². The third-order valence-corrected chi connectivity index (χ3v) is 3.21. The molecule has 1 unspecified atom stereocenters. The van der Waals surface area contributed by atoms with E-state index in [-0.39, 0.29) is 6.61 Å². The van der Waals surface area contributed by atoms with Crippen LogP contribution in [-0.2, 0) is 6.18 Å². The second-order valence-electron chi connectivity index (χ2n) is 4.47. The molecule has 0 aliphatic carbocycles. The number of hydrogen-bond donors (Lipinski definition) is 1. The molecule has 2 N–H and O–H groups in total. The normalized spacial score (nSPS) is 13.0. The van der Waals surface area contributed by atoms with Gasteiger partial charge in [-0.15, -0.1) is 0 Å². The van der Waals surface area contributed by atoms with Crippen LogP contribution in [0.4, 0.5) is 13.2 Å². The fourth-order valence-electron chi connectivity index (χ4n) is 1.78. The molecule has 21 heavy (non-hydrogen) atoms. The number of nitrogens with two attached hydrogens (primary N) is 1. The van der Waals surface area contributed by atoms with E-state index < -0.39 is 17.8 Å². The van der Waals surface area contributed by atoms with E-state index >= 15 is 0 Å². The summed E-state index contributed by atoms with van der Waals surface area (Å²) in [5.74, 6) is 0.446. The van der Waals surface area contributed by atoms with Gasteiger partial charge in [0.15, 0.2) is 0 Å². The average molecular weight is 316 g/mol. The van der Waals surface area contributed by atoms with Gasteiger partial charge < -0.3 is 10.5 Å². The van der Waals surface area contributed by atoms with Gasteiger partial charge in [-0.1, -0.05) is 35.9 Å². The van der Waals surface area contributed by atoms with Crippen molar-refractivity contribution in [3.8, 4) is 5.75 Å². The van der Waals surface area contributed by atoms with Crippen molar-refractivity contribution >= 4 is 11.6 Å². The Labute approximate surface area is 125 Å². The first-order valence-corrected chi connectivity index (χ1v) is 6.56. The Morgan fingerprint density at radius 1 is 1.10 bits per heavy atom. The van der Waals surface area contributed by atoms with Gasteiger partial charge in [-0.25, -0.2) is 0 Å². The molecule has 2 nitrogen and oxygen atoms in total. The molecule has 2 aromatic carbocycles. The topological polar surface area (TPSA) is 35.2 Å². The third-order valence-electron chi connectivity index (χ3n) is 2.90. The van der Waals surface area contributed by atoms with E-state index in [0.717, 1.165) is 12.1 Å². The van der Waals surface area contributed by atoms with Gasteiger partial charge in [-0.3, -0.25) is 0 Å². The molecule has 0 radical (unpaired) electrons. The lowest BCUT2D eigenvalue weighted by Gasteiger charge is -2.16. The van der Waals surface area contributed by atoms with Crippen LogP contribution in [0.3, 0.4) is 0 Å². The Morgan fingerprint density at radius 3 is 2.48 bits per heavy atom. The lowest BCUT2D eigenvalue weighted by molar-refractivity contribution is -0.137. The predicted molar refractivity (Wildman–Crippen MR) is 75.3 cm³/mol. The van der Waals surface area contributed by atoms with Gasteiger partial charge in [0.25, 0.3) is 0 Å². The first kappa shape index (κ1) is 15.7. The van der Waals surface area contributed by atoms with Crippen molar-refractivity contribution in [3.63, 3.8) is 0 Å². The molecule has 0 spiro atoms. The summed E-state index contributed by atoms with van der Waals surface area (Å²) < 4.78 is 43.4. The predicted octanol–water partition coefficient (Wildman–Crippen LogP) is 4.44. The first-order valence-electron chi connectivity index (χ1n) is 6.18. The van der Waals surface area contributed by atoms with Crippen LogP contribution in [0, 0.1) is 0 Å². The SMILES string of the molecule is NC(COc1ccccc1Cl)c1cccc(C(F)(F)F)c1. The van der Waals surface area contributed by atoms with Gasteiger partial charge >= 0.3 is 6.18 Å². The van der Waals surface area contributed by atoms with Crippen LogP contribution in [0.15, 0.2) is 48.5 Å². The minimum atomic E-state index is -4.39. The van der Waals surface area contributed by atoms with Crippen molar-refractivity contribution in [1.29, 1.82) is 0 Å². The van der Waals surface area contributed by atoms with Crippen LogP contribution >= 0.6 is 11.6 Å². The van der Waals surface area contributed by atoms with Gasteiger partial charge in [-0.05, 0) is 29.8 Å². The van der Waals surface area contributed by atoms with E-state index in [9.17, 15) is 13.2 Å². The lowest BCUT2D eigenvalue weighted by atomic mass is 10.0. The van der Waals surface area contributed by atoms with Gasteiger partial charge in [0.2, 0.25) is 0 Å². The molecule has 6 heteroatoms. The van der Waals surface area contributed by atoms with Gasteiger partial charge in [0, 0.05) is 0 Å². The van der Waals surface area contributed by atoms with E-state index in [0.29, 0.717) is 16.3 Å². The van der Waals surface area contributed by atoms with Crippen LogP contribution in [0.25, 0.3) is 0 Å². The van der Waals surface area contributed by atoms with Crippen LogP contribution in [0.5, 0.6) is 5.75 Å². The molecular weight excluding hydrogens is 303 g/mol. The van der Waals surface area contributed by atoms with E-state index in [1.165, 1.54) is 12.1 Å². The molecule has 0 saturated carbocycles. The summed E-state index contributed by atoms with van der Waals surface area (Å²) in [6.45, 7) is 0.0328.